The number of Topliss-reactive ketones (excluding diaryl/α,β-unsaturated/α-hetero) is 1. The Morgan fingerprint density at radius 1 is 0.696 bits per heavy atom. The van der Waals surface area contributed by atoms with Crippen molar-refractivity contribution in [1.82, 2.24) is 29.9 Å². The molecule has 0 bridgehead atoms. The molecule has 0 spiro atoms. The molecule has 25 heteroatoms. The highest BCUT2D eigenvalue weighted by Crippen LogP contribution is 2.39. The highest BCUT2D eigenvalue weighted by atomic mass is 35.5. The number of nitrogens with zero attached hydrogens (tertiary/aromatic N) is 5. The highest BCUT2D eigenvalue weighted by Gasteiger charge is 2.61. The lowest BCUT2D eigenvalue weighted by molar-refractivity contribution is -0.269. The van der Waals surface area contributed by atoms with E-state index in [4.69, 9.17) is 38.8 Å². The summed E-state index contributed by atoms with van der Waals surface area (Å²) in [5.41, 5.74) is 5.62. The number of ketones is 1. The zero-order chi connectivity index (χ0) is 59.3. The zero-order valence-corrected chi connectivity index (χ0v) is 47.1. The van der Waals surface area contributed by atoms with Gasteiger partial charge in [0.15, 0.2) is 23.3 Å². The van der Waals surface area contributed by atoms with Gasteiger partial charge in [0, 0.05) is 66.3 Å². The first kappa shape index (κ1) is 70.7. The summed E-state index contributed by atoms with van der Waals surface area (Å²) in [4.78, 5) is 59.6. The molecule has 2 unspecified atom stereocenters. The third-order valence-electron chi connectivity index (χ3n) is 11.9. The van der Waals surface area contributed by atoms with E-state index in [9.17, 15) is 40.7 Å². The second kappa shape index (κ2) is 32.0. The summed E-state index contributed by atoms with van der Waals surface area (Å²) in [6.45, 7) is 11.2. The molecule has 6 aromatic rings. The molecule has 6 rings (SSSR count). The molecular formula is C54H62B2Cl3F6N7O7. The van der Waals surface area contributed by atoms with Gasteiger partial charge in [-0.15, -0.1) is 25.3 Å². The maximum absolute atomic E-state index is 13.6. The second-order valence-corrected chi connectivity index (χ2v) is 18.0. The number of aliphatic carboxylic acids is 1. The van der Waals surface area contributed by atoms with E-state index < -0.39 is 60.3 Å². The number of H-pyrrole nitrogens is 1. The highest BCUT2D eigenvalue weighted by molar-refractivity contribution is 6.75. The molecule has 14 nitrogen and oxygen atoms in total. The Morgan fingerprint density at radius 2 is 1.15 bits per heavy atom. The second-order valence-electron chi connectivity index (χ2n) is 17.2. The molecule has 79 heavy (non-hydrogen) atoms. The van der Waals surface area contributed by atoms with Crippen LogP contribution in [0.25, 0.3) is 45.6 Å². The van der Waals surface area contributed by atoms with Gasteiger partial charge < -0.3 is 25.1 Å². The molecule has 0 aliphatic heterocycles. The van der Waals surface area contributed by atoms with Crippen LogP contribution in [0.3, 0.4) is 0 Å². The summed E-state index contributed by atoms with van der Waals surface area (Å²) in [5.74, 6) is -1.01. The molecule has 424 valence electrons. The monoisotopic (exact) mass is 1160 g/mol. The van der Waals surface area contributed by atoms with Crippen LogP contribution in [0.2, 0.25) is 10.0 Å². The number of alkyl halides is 6. The fraction of sp³-hybridized carbons (Fsp3) is 0.370. The van der Waals surface area contributed by atoms with E-state index in [1.54, 1.807) is 30.3 Å². The summed E-state index contributed by atoms with van der Waals surface area (Å²) in [7, 11) is 11.1. The predicted molar refractivity (Wildman–Crippen MR) is 301 cm³/mol. The van der Waals surface area contributed by atoms with Gasteiger partial charge in [-0.1, -0.05) is 113 Å². The Bertz CT molecular complexity index is 3020. The van der Waals surface area contributed by atoms with Gasteiger partial charge in [0.1, 0.15) is 5.82 Å². The molecular weight excluding hydrogens is 1100 g/mol. The summed E-state index contributed by atoms with van der Waals surface area (Å²) in [5, 5.41) is 9.14. The number of benzene rings is 4. The number of hydrogen-bond donors (Lipinski definition) is 3. The number of carboxylic acids is 1. The molecule has 0 aliphatic rings. The SMILES string of the molecule is C#C.CCC(OC)(C(=O)CCc1ccc(Cl)c(-c2nc(-c3cccc(C(C)C)c3)nc(=O)[nH]2)c1)C(F)(F)F.CCC(OC)(C(=O)O)C(F)(F)F.COc1nc(-c2cccc(C(C)C)c2)nc(-c2cc(CN)ccc2Cl)n1.Cl.[2HH].[B][B]. The van der Waals surface area contributed by atoms with E-state index in [-0.39, 0.29) is 48.9 Å². The topological polar surface area (TPSA) is 205 Å². The standard InChI is InChI=1S/C26H27ClF3N3O3.C20H21ClN4O.C6H9F3O3.C2H2.B2.ClH.H2/c1-5-25(36-4,26(28,29)30)21(34)12-10-16-9-11-20(27)19(13-16)23-31-22(32-24(35)33-23)18-8-6-7-17(14-18)15(2)3;1-12(2)14-5-4-6-15(10-14)18-23-19(25-20(24-18)26-3)16-9-13(11-22)7-8-17(16)21;1-3-5(12-2,4(10)11)6(7,8)9;2*1-2;;/h6-9,11,13-15H,5,10,12H2,1-4H3,(H,31,32,33,35);4-10,12H,11,22H2,1-3H3;3H2,1-2H3,(H,10,11);1-2H;;2*1H/i;;;;;;1+1. The van der Waals surface area contributed by atoms with Crippen molar-refractivity contribution in [3.8, 4) is 64.4 Å². The third kappa shape index (κ3) is 18.1. The van der Waals surface area contributed by atoms with E-state index in [2.05, 4.69) is 93.7 Å². The average molecular weight is 1160 g/mol. The van der Waals surface area contributed by atoms with Crippen molar-refractivity contribution in [2.75, 3.05) is 21.3 Å². The summed E-state index contributed by atoms with van der Waals surface area (Å²) < 4.78 is 91.0. The molecule has 4 aromatic carbocycles. The van der Waals surface area contributed by atoms with Crippen molar-refractivity contribution >= 4 is 62.8 Å². The lowest BCUT2D eigenvalue weighted by atomic mass is 9.81. The fourth-order valence-corrected chi connectivity index (χ4v) is 7.81. The average Bonchev–Trinajstić information content (AvgIpc) is 3.42. The molecule has 4 N–H and O–H groups in total. The number of hydrogen-bond acceptors (Lipinski definition) is 12. The van der Waals surface area contributed by atoms with Gasteiger partial charge in [-0.25, -0.2) is 19.6 Å². The maximum Gasteiger partial charge on any atom is 0.428 e. The van der Waals surface area contributed by atoms with Crippen molar-refractivity contribution in [2.45, 2.75) is 109 Å². The number of carbonyl (C=O) groups excluding carboxylic acids is 1. The minimum Gasteiger partial charge on any atom is -0.479 e. The van der Waals surface area contributed by atoms with Crippen LogP contribution >= 0.6 is 35.6 Å². The molecule has 4 radical (unpaired) electrons. The van der Waals surface area contributed by atoms with Crippen molar-refractivity contribution in [3.05, 3.63) is 128 Å². The number of carboxylic acid groups (broad SMARTS) is 1. The van der Waals surface area contributed by atoms with Gasteiger partial charge in [-0.05, 0) is 89.8 Å². The molecule has 0 aliphatic carbocycles. The molecule has 0 saturated carbocycles. The predicted octanol–water partition coefficient (Wildman–Crippen LogP) is 12.2. The number of halogens is 9. The number of nitrogens with one attached hydrogen (secondary N) is 1. The van der Waals surface area contributed by atoms with Crippen LogP contribution in [0.5, 0.6) is 6.01 Å². The molecule has 0 fully saturated rings. The Balaban J connectivity index is 0.00000124. The summed E-state index contributed by atoms with van der Waals surface area (Å²) in [6.07, 6.45) is -3.27. The van der Waals surface area contributed by atoms with Crippen LogP contribution in [-0.4, -0.2) is 107 Å². The van der Waals surface area contributed by atoms with E-state index in [0.29, 0.717) is 51.4 Å². The van der Waals surface area contributed by atoms with Crippen LogP contribution in [0.1, 0.15) is 96.3 Å². The van der Waals surface area contributed by atoms with E-state index in [1.807, 2.05) is 56.3 Å². The van der Waals surface area contributed by atoms with Gasteiger partial charge in [-0.3, -0.25) is 9.78 Å². The number of methoxy groups -OCH3 is 3. The van der Waals surface area contributed by atoms with E-state index in [0.717, 1.165) is 37.8 Å². The first-order valence-electron chi connectivity index (χ1n) is 23.7. The first-order valence-corrected chi connectivity index (χ1v) is 24.4. The quantitative estimate of drug-likeness (QED) is 0.0442. The maximum atomic E-state index is 13.6. The van der Waals surface area contributed by atoms with Gasteiger partial charge in [0.25, 0.3) is 5.60 Å². The van der Waals surface area contributed by atoms with Crippen molar-refractivity contribution < 1.29 is 56.7 Å². The lowest BCUT2D eigenvalue weighted by Crippen LogP contribution is -2.53. The number of aromatic amines is 1. The van der Waals surface area contributed by atoms with Crippen molar-refractivity contribution in [1.29, 1.82) is 0 Å². The minimum absolute atomic E-state index is 0. The Labute approximate surface area is 475 Å². The zero-order valence-electron chi connectivity index (χ0n) is 44.7. The minimum atomic E-state index is -4.89. The van der Waals surface area contributed by atoms with Crippen LogP contribution < -0.4 is 16.2 Å². The molecule has 2 heterocycles. The van der Waals surface area contributed by atoms with Crippen LogP contribution in [0.15, 0.2) is 89.7 Å². The lowest BCUT2D eigenvalue weighted by Gasteiger charge is -2.31. The molecule has 0 saturated heterocycles. The van der Waals surface area contributed by atoms with Gasteiger partial charge in [0.05, 0.1) is 17.2 Å². The Morgan fingerprint density at radius 3 is 1.57 bits per heavy atom. The fourth-order valence-electron chi connectivity index (χ4n) is 7.40. The van der Waals surface area contributed by atoms with E-state index >= 15 is 0 Å². The summed E-state index contributed by atoms with van der Waals surface area (Å²) in [6, 6.07) is 26.3. The molecule has 2 atom stereocenters. The number of aromatic nitrogens is 6. The van der Waals surface area contributed by atoms with Crippen molar-refractivity contribution in [2.24, 2.45) is 5.73 Å². The first-order chi connectivity index (χ1) is 36.7. The van der Waals surface area contributed by atoms with Crippen LogP contribution in [0.4, 0.5) is 26.3 Å². The van der Waals surface area contributed by atoms with Crippen molar-refractivity contribution in [3.63, 3.8) is 0 Å². The van der Waals surface area contributed by atoms with Gasteiger partial charge in [0.2, 0.25) is 5.60 Å². The van der Waals surface area contributed by atoms with Gasteiger partial charge >= 0.3 is 30.0 Å². The third-order valence-corrected chi connectivity index (χ3v) is 12.6. The number of rotatable bonds is 17. The summed E-state index contributed by atoms with van der Waals surface area (Å²) >= 11 is 12.7. The number of aryl methyl sites for hydroxylation is 1. The van der Waals surface area contributed by atoms with Crippen LogP contribution in [-0.2, 0) is 32.0 Å². The van der Waals surface area contributed by atoms with E-state index in [1.165, 1.54) is 19.6 Å². The molecule has 0 amide bonds. The number of nitrogens with two attached hydrogens (primary N) is 1. The van der Waals surface area contributed by atoms with Gasteiger partial charge in [-0.2, -0.15) is 41.3 Å². The molecule has 2 aromatic heterocycles. The Hall–Kier alpha value is -6.34. The normalized spacial score (nSPS) is 12.5. The largest absolute Gasteiger partial charge is 0.479 e. The number of carbonyl (C=O) groups is 2. The smallest absolute Gasteiger partial charge is 0.428 e. The van der Waals surface area contributed by atoms with Crippen LogP contribution in [0, 0.1) is 12.8 Å². The number of ether oxygens (including phenoxy) is 3. The number of terminal acetylenes is 1. The Kier molecular flexibility index (Phi) is 28.7.